The number of rotatable bonds is 5. The third-order valence-corrected chi connectivity index (χ3v) is 5.55. The molecule has 0 aliphatic carbocycles. The Kier molecular flexibility index (Phi) is 4.75. The fraction of sp³-hybridized carbons (Fsp3) is 0.160. The van der Waals surface area contributed by atoms with E-state index < -0.39 is 0 Å². The molecule has 2 aromatic carbocycles. The molecule has 0 unspecified atom stereocenters. The number of para-hydroxylation sites is 1. The summed E-state index contributed by atoms with van der Waals surface area (Å²) in [4.78, 5) is 19.5. The highest BCUT2D eigenvalue weighted by atomic mass is 16.3. The lowest BCUT2D eigenvalue weighted by molar-refractivity contribution is 0.0786. The van der Waals surface area contributed by atoms with Crippen molar-refractivity contribution in [2.75, 3.05) is 7.05 Å². The van der Waals surface area contributed by atoms with Gasteiger partial charge >= 0.3 is 0 Å². The van der Waals surface area contributed by atoms with Gasteiger partial charge in [0.05, 0.1) is 11.9 Å². The lowest BCUT2D eigenvalue weighted by atomic mass is 10.1. The number of carbonyl (C=O) groups is 1. The maximum atomic E-state index is 13.3. The average Bonchev–Trinajstić information content (AvgIpc) is 3.40. The highest BCUT2D eigenvalue weighted by Crippen LogP contribution is 2.28. The van der Waals surface area contributed by atoms with E-state index in [4.69, 9.17) is 4.42 Å². The van der Waals surface area contributed by atoms with E-state index in [1.807, 2.05) is 60.7 Å². The first-order valence-electron chi connectivity index (χ1n) is 10.3. The molecule has 6 heteroatoms. The number of hydrogen-bond acceptors (Lipinski definition) is 4. The molecule has 0 saturated heterocycles. The number of furan rings is 1. The van der Waals surface area contributed by atoms with Crippen LogP contribution >= 0.6 is 0 Å². The van der Waals surface area contributed by atoms with Crippen LogP contribution in [0.5, 0.6) is 0 Å². The molecule has 5 aromatic rings. The molecular formula is C25H22N4O2. The van der Waals surface area contributed by atoms with Crippen LogP contribution in [-0.2, 0) is 13.0 Å². The Balaban J connectivity index is 1.50. The summed E-state index contributed by atoms with van der Waals surface area (Å²) < 4.78 is 7.71. The quantitative estimate of drug-likeness (QED) is 0.410. The Hall–Kier alpha value is -3.93. The minimum atomic E-state index is -0.125. The Labute approximate surface area is 179 Å². The second-order valence-electron chi connectivity index (χ2n) is 7.50. The zero-order chi connectivity index (χ0) is 21.4. The van der Waals surface area contributed by atoms with E-state index in [9.17, 15) is 4.79 Å². The summed E-state index contributed by atoms with van der Waals surface area (Å²) >= 11 is 0. The highest BCUT2D eigenvalue weighted by molar-refractivity contribution is 6.00. The molecule has 154 valence electrons. The van der Waals surface area contributed by atoms with Crippen molar-refractivity contribution in [3.8, 4) is 11.3 Å². The minimum absolute atomic E-state index is 0.125. The second kappa shape index (κ2) is 7.72. The van der Waals surface area contributed by atoms with Gasteiger partial charge in [-0.1, -0.05) is 55.5 Å². The standard InChI is InChI=1S/C25H22N4O2/c1-3-22-20(18-11-7-8-12-23(18)31-22)16-28(2)25(30)19-15-27-29-21(13-14-26-24(19)29)17-9-5-4-6-10-17/h4-15H,3,16H2,1-2H3. The predicted octanol–water partition coefficient (Wildman–Crippen LogP) is 4.98. The van der Waals surface area contributed by atoms with Crippen LogP contribution in [-0.4, -0.2) is 32.5 Å². The van der Waals surface area contributed by atoms with E-state index in [2.05, 4.69) is 17.0 Å². The van der Waals surface area contributed by atoms with Gasteiger partial charge in [0, 0.05) is 42.7 Å². The van der Waals surface area contributed by atoms with Crippen molar-refractivity contribution in [3.05, 3.63) is 89.9 Å². The number of carbonyl (C=O) groups excluding carboxylic acids is 1. The summed E-state index contributed by atoms with van der Waals surface area (Å²) in [7, 11) is 1.80. The first-order chi connectivity index (χ1) is 15.2. The molecule has 0 spiro atoms. The molecule has 0 fully saturated rings. The predicted molar refractivity (Wildman–Crippen MR) is 120 cm³/mol. The number of aromatic nitrogens is 3. The summed E-state index contributed by atoms with van der Waals surface area (Å²) in [5.41, 5.74) is 4.82. The molecule has 31 heavy (non-hydrogen) atoms. The Bertz CT molecular complexity index is 1380. The maximum Gasteiger partial charge on any atom is 0.259 e. The van der Waals surface area contributed by atoms with E-state index >= 15 is 0 Å². The lowest BCUT2D eigenvalue weighted by Gasteiger charge is -2.16. The molecule has 0 aliphatic heterocycles. The fourth-order valence-corrected chi connectivity index (χ4v) is 3.99. The normalized spacial score (nSPS) is 11.3. The third kappa shape index (κ3) is 3.26. The molecule has 0 aliphatic rings. The van der Waals surface area contributed by atoms with Gasteiger partial charge in [0.15, 0.2) is 5.65 Å². The van der Waals surface area contributed by atoms with Crippen LogP contribution in [0.1, 0.15) is 28.6 Å². The molecule has 3 aromatic heterocycles. The zero-order valence-corrected chi connectivity index (χ0v) is 17.4. The zero-order valence-electron chi connectivity index (χ0n) is 17.4. The van der Waals surface area contributed by atoms with E-state index in [1.165, 1.54) is 0 Å². The minimum Gasteiger partial charge on any atom is -0.461 e. The second-order valence-corrected chi connectivity index (χ2v) is 7.50. The molecule has 0 radical (unpaired) electrons. The van der Waals surface area contributed by atoms with Gasteiger partial charge in [-0.25, -0.2) is 9.50 Å². The van der Waals surface area contributed by atoms with Crippen molar-refractivity contribution in [2.24, 2.45) is 0 Å². The van der Waals surface area contributed by atoms with E-state index in [-0.39, 0.29) is 5.91 Å². The first-order valence-corrected chi connectivity index (χ1v) is 10.3. The van der Waals surface area contributed by atoms with Gasteiger partial charge in [0.2, 0.25) is 0 Å². The number of hydrogen-bond donors (Lipinski definition) is 0. The van der Waals surface area contributed by atoms with E-state index in [0.29, 0.717) is 17.8 Å². The number of fused-ring (bicyclic) bond motifs is 2. The van der Waals surface area contributed by atoms with Gasteiger partial charge in [-0.2, -0.15) is 5.10 Å². The van der Waals surface area contributed by atoms with E-state index in [1.54, 1.807) is 28.9 Å². The number of amides is 1. The van der Waals surface area contributed by atoms with Crippen molar-refractivity contribution in [3.63, 3.8) is 0 Å². The van der Waals surface area contributed by atoms with Gasteiger partial charge in [0.1, 0.15) is 16.9 Å². The topological polar surface area (TPSA) is 63.6 Å². The molecule has 0 saturated carbocycles. The van der Waals surface area contributed by atoms with Crippen molar-refractivity contribution in [1.82, 2.24) is 19.5 Å². The Morgan fingerprint density at radius 3 is 2.65 bits per heavy atom. The third-order valence-electron chi connectivity index (χ3n) is 5.55. The summed E-state index contributed by atoms with van der Waals surface area (Å²) in [5, 5.41) is 5.51. The number of nitrogens with zero attached hydrogens (tertiary/aromatic N) is 4. The van der Waals surface area contributed by atoms with Gasteiger partial charge < -0.3 is 9.32 Å². The summed E-state index contributed by atoms with van der Waals surface area (Å²) in [6, 6.07) is 19.8. The monoisotopic (exact) mass is 410 g/mol. The summed E-state index contributed by atoms with van der Waals surface area (Å²) in [6.45, 7) is 2.51. The van der Waals surface area contributed by atoms with Crippen molar-refractivity contribution in [2.45, 2.75) is 19.9 Å². The summed E-state index contributed by atoms with van der Waals surface area (Å²) in [5.74, 6) is 0.783. The van der Waals surface area contributed by atoms with Crippen molar-refractivity contribution >= 4 is 22.5 Å². The maximum absolute atomic E-state index is 13.3. The number of aryl methyl sites for hydroxylation is 1. The fourth-order valence-electron chi connectivity index (χ4n) is 3.99. The summed E-state index contributed by atoms with van der Waals surface area (Å²) in [6.07, 6.45) is 4.08. The molecule has 1 amide bonds. The van der Waals surface area contributed by atoms with Gasteiger partial charge in [0.25, 0.3) is 5.91 Å². The van der Waals surface area contributed by atoms with Crippen LogP contribution < -0.4 is 0 Å². The molecule has 6 nitrogen and oxygen atoms in total. The van der Waals surface area contributed by atoms with Crippen molar-refractivity contribution < 1.29 is 9.21 Å². The molecule has 0 atom stereocenters. The van der Waals surface area contributed by atoms with Gasteiger partial charge in [-0.3, -0.25) is 4.79 Å². The molecule has 0 N–H and O–H groups in total. The van der Waals surface area contributed by atoms with Crippen LogP contribution in [0, 0.1) is 0 Å². The average molecular weight is 410 g/mol. The molecule has 5 rings (SSSR count). The lowest BCUT2D eigenvalue weighted by Crippen LogP contribution is -2.26. The van der Waals surface area contributed by atoms with Crippen LogP contribution in [0.4, 0.5) is 0 Å². The smallest absolute Gasteiger partial charge is 0.259 e. The Morgan fingerprint density at radius 1 is 1.06 bits per heavy atom. The molecular weight excluding hydrogens is 388 g/mol. The SMILES string of the molecule is CCc1oc2ccccc2c1CN(C)C(=O)c1cnn2c(-c3ccccc3)ccnc12. The van der Waals surface area contributed by atoms with Gasteiger partial charge in [-0.15, -0.1) is 0 Å². The molecule has 3 heterocycles. The highest BCUT2D eigenvalue weighted by Gasteiger charge is 2.22. The van der Waals surface area contributed by atoms with Gasteiger partial charge in [-0.05, 0) is 12.1 Å². The number of benzene rings is 2. The van der Waals surface area contributed by atoms with Crippen LogP contribution in [0.25, 0.3) is 27.9 Å². The first kappa shape index (κ1) is 19.1. The van der Waals surface area contributed by atoms with E-state index in [0.717, 1.165) is 40.0 Å². The van der Waals surface area contributed by atoms with Crippen LogP contribution in [0.3, 0.4) is 0 Å². The molecule has 0 bridgehead atoms. The largest absolute Gasteiger partial charge is 0.461 e. The van der Waals surface area contributed by atoms with Crippen molar-refractivity contribution in [1.29, 1.82) is 0 Å². The Morgan fingerprint density at radius 2 is 1.84 bits per heavy atom. The van der Waals surface area contributed by atoms with Crippen LogP contribution in [0.15, 0.2) is 77.5 Å². The van der Waals surface area contributed by atoms with Crippen LogP contribution in [0.2, 0.25) is 0 Å².